The summed E-state index contributed by atoms with van der Waals surface area (Å²) < 4.78 is 0. The molecule has 2 rings (SSSR count). The van der Waals surface area contributed by atoms with E-state index in [9.17, 15) is 0 Å². The molecule has 0 saturated carbocycles. The normalized spacial score (nSPS) is 16.3. The molecule has 1 fully saturated rings. The van der Waals surface area contributed by atoms with Crippen molar-refractivity contribution in [2.24, 2.45) is 10.9 Å². The average Bonchev–Trinajstić information content (AvgIpc) is 2.84. The minimum absolute atomic E-state index is 0.600. The lowest BCUT2D eigenvalue weighted by Gasteiger charge is -2.21. The first kappa shape index (κ1) is 17.6. The molecule has 2 N–H and O–H groups in total. The van der Waals surface area contributed by atoms with Gasteiger partial charge in [-0.1, -0.05) is 32.8 Å². The van der Waals surface area contributed by atoms with Crippen LogP contribution in [0.1, 0.15) is 45.1 Å². The zero-order valence-corrected chi connectivity index (χ0v) is 14.8. The molecule has 1 aliphatic heterocycles. The Morgan fingerprint density at radius 2 is 1.91 bits per heavy atom. The standard InChI is InChI=1S/C18H31N5/c1-15(2)12-21-18(19-3)22-14-16-8-9-17(20-13-16)23-10-6-4-5-7-11-23/h8-9,13,15H,4-7,10-12,14H2,1-3H3,(H2,19,21,22). The fourth-order valence-corrected chi connectivity index (χ4v) is 2.72. The number of nitrogens with zero attached hydrogens (tertiary/aromatic N) is 3. The molecule has 0 spiro atoms. The predicted molar refractivity (Wildman–Crippen MR) is 98.0 cm³/mol. The van der Waals surface area contributed by atoms with Crippen molar-refractivity contribution in [3.63, 3.8) is 0 Å². The molecule has 2 heterocycles. The zero-order chi connectivity index (χ0) is 16.5. The molecule has 5 heteroatoms. The number of guanidine groups is 1. The van der Waals surface area contributed by atoms with Crippen LogP contribution in [0.2, 0.25) is 0 Å². The Balaban J connectivity index is 1.84. The minimum atomic E-state index is 0.600. The number of hydrogen-bond donors (Lipinski definition) is 2. The van der Waals surface area contributed by atoms with E-state index in [-0.39, 0.29) is 0 Å². The Bertz CT molecular complexity index is 473. The molecule has 0 aromatic carbocycles. The van der Waals surface area contributed by atoms with Crippen LogP contribution in [0.4, 0.5) is 5.82 Å². The summed E-state index contributed by atoms with van der Waals surface area (Å²) in [7, 11) is 1.80. The molecule has 1 aromatic heterocycles. The lowest BCUT2D eigenvalue weighted by Crippen LogP contribution is -2.38. The van der Waals surface area contributed by atoms with Crippen LogP contribution in [0.25, 0.3) is 0 Å². The Labute approximate surface area is 140 Å². The Hall–Kier alpha value is -1.78. The smallest absolute Gasteiger partial charge is 0.191 e. The van der Waals surface area contributed by atoms with Gasteiger partial charge in [-0.3, -0.25) is 4.99 Å². The first-order chi connectivity index (χ1) is 11.2. The van der Waals surface area contributed by atoms with E-state index in [1.807, 2.05) is 6.20 Å². The van der Waals surface area contributed by atoms with Crippen molar-refractivity contribution in [3.05, 3.63) is 23.9 Å². The van der Waals surface area contributed by atoms with Crippen molar-refractivity contribution in [2.45, 2.75) is 46.1 Å². The molecule has 0 radical (unpaired) electrons. The van der Waals surface area contributed by atoms with Crippen LogP contribution in [-0.4, -0.2) is 37.6 Å². The second kappa shape index (κ2) is 9.38. The predicted octanol–water partition coefficient (Wildman–Crippen LogP) is 2.78. The molecule has 1 aliphatic rings. The fraction of sp³-hybridized carbons (Fsp3) is 0.667. The van der Waals surface area contributed by atoms with Gasteiger partial charge in [-0.15, -0.1) is 0 Å². The summed E-state index contributed by atoms with van der Waals surface area (Å²) in [5, 5.41) is 6.65. The van der Waals surface area contributed by atoms with E-state index < -0.39 is 0 Å². The summed E-state index contributed by atoms with van der Waals surface area (Å²) in [4.78, 5) is 11.3. The molecular weight excluding hydrogens is 286 g/mol. The fourth-order valence-electron chi connectivity index (χ4n) is 2.72. The summed E-state index contributed by atoms with van der Waals surface area (Å²) >= 11 is 0. The van der Waals surface area contributed by atoms with E-state index in [0.29, 0.717) is 5.92 Å². The Morgan fingerprint density at radius 3 is 2.48 bits per heavy atom. The third-order valence-corrected chi connectivity index (χ3v) is 4.10. The molecule has 1 saturated heterocycles. The first-order valence-electron chi connectivity index (χ1n) is 8.83. The summed E-state index contributed by atoms with van der Waals surface area (Å²) in [5.74, 6) is 2.55. The molecular formula is C18H31N5. The highest BCUT2D eigenvalue weighted by Crippen LogP contribution is 2.17. The number of rotatable bonds is 5. The van der Waals surface area contributed by atoms with Crippen LogP contribution in [0.5, 0.6) is 0 Å². The molecule has 23 heavy (non-hydrogen) atoms. The van der Waals surface area contributed by atoms with Crippen molar-refractivity contribution in [1.29, 1.82) is 0 Å². The maximum atomic E-state index is 4.65. The number of nitrogens with one attached hydrogen (secondary N) is 2. The van der Waals surface area contributed by atoms with Crippen molar-refractivity contribution in [1.82, 2.24) is 15.6 Å². The van der Waals surface area contributed by atoms with E-state index in [4.69, 9.17) is 0 Å². The highest BCUT2D eigenvalue weighted by molar-refractivity contribution is 5.79. The number of aromatic nitrogens is 1. The highest BCUT2D eigenvalue weighted by atomic mass is 15.2. The van der Waals surface area contributed by atoms with Crippen molar-refractivity contribution >= 4 is 11.8 Å². The van der Waals surface area contributed by atoms with E-state index in [1.165, 1.54) is 31.2 Å². The van der Waals surface area contributed by atoms with Gasteiger partial charge in [0.25, 0.3) is 0 Å². The van der Waals surface area contributed by atoms with Gasteiger partial charge in [-0.25, -0.2) is 4.98 Å². The van der Waals surface area contributed by atoms with E-state index in [2.05, 4.69) is 51.5 Å². The van der Waals surface area contributed by atoms with Gasteiger partial charge in [0, 0.05) is 39.4 Å². The number of anilines is 1. The quantitative estimate of drug-likeness (QED) is 0.648. The van der Waals surface area contributed by atoms with Gasteiger partial charge in [0.2, 0.25) is 0 Å². The van der Waals surface area contributed by atoms with Gasteiger partial charge in [0.15, 0.2) is 5.96 Å². The molecule has 0 atom stereocenters. The zero-order valence-electron chi connectivity index (χ0n) is 14.8. The third kappa shape index (κ3) is 6.08. The topological polar surface area (TPSA) is 52.6 Å². The monoisotopic (exact) mass is 317 g/mol. The van der Waals surface area contributed by atoms with Gasteiger partial charge in [0.05, 0.1) is 0 Å². The number of hydrogen-bond acceptors (Lipinski definition) is 3. The van der Waals surface area contributed by atoms with Crippen LogP contribution < -0.4 is 15.5 Å². The first-order valence-corrected chi connectivity index (χ1v) is 8.83. The van der Waals surface area contributed by atoms with Crippen LogP contribution in [0.15, 0.2) is 23.3 Å². The average molecular weight is 317 g/mol. The highest BCUT2D eigenvalue weighted by Gasteiger charge is 2.10. The Kier molecular flexibility index (Phi) is 7.17. The van der Waals surface area contributed by atoms with Crippen molar-refractivity contribution in [3.8, 4) is 0 Å². The van der Waals surface area contributed by atoms with Gasteiger partial charge >= 0.3 is 0 Å². The Morgan fingerprint density at radius 1 is 1.17 bits per heavy atom. The third-order valence-electron chi connectivity index (χ3n) is 4.10. The number of aliphatic imine (C=N–C) groups is 1. The van der Waals surface area contributed by atoms with E-state index >= 15 is 0 Å². The van der Waals surface area contributed by atoms with Crippen LogP contribution in [0.3, 0.4) is 0 Å². The minimum Gasteiger partial charge on any atom is -0.357 e. The van der Waals surface area contributed by atoms with Crippen molar-refractivity contribution in [2.75, 3.05) is 31.6 Å². The van der Waals surface area contributed by atoms with E-state index in [0.717, 1.165) is 38.0 Å². The summed E-state index contributed by atoms with van der Waals surface area (Å²) in [6.45, 7) is 8.31. The van der Waals surface area contributed by atoms with Crippen LogP contribution >= 0.6 is 0 Å². The maximum absolute atomic E-state index is 4.65. The summed E-state index contributed by atoms with van der Waals surface area (Å²) in [6, 6.07) is 4.31. The lowest BCUT2D eigenvalue weighted by molar-refractivity contribution is 0.614. The second-order valence-electron chi connectivity index (χ2n) is 6.63. The molecule has 1 aromatic rings. The molecule has 0 amide bonds. The SMILES string of the molecule is CN=C(NCc1ccc(N2CCCCCC2)nc1)NCC(C)C. The molecule has 0 aliphatic carbocycles. The second-order valence-corrected chi connectivity index (χ2v) is 6.63. The summed E-state index contributed by atoms with van der Waals surface area (Å²) in [6.07, 6.45) is 7.23. The molecule has 5 nitrogen and oxygen atoms in total. The van der Waals surface area contributed by atoms with Gasteiger partial charge in [0.1, 0.15) is 5.82 Å². The lowest BCUT2D eigenvalue weighted by atomic mass is 10.2. The molecule has 0 bridgehead atoms. The molecule has 0 unspecified atom stereocenters. The van der Waals surface area contributed by atoms with Crippen molar-refractivity contribution < 1.29 is 0 Å². The number of pyridine rings is 1. The van der Waals surface area contributed by atoms with Gasteiger partial charge < -0.3 is 15.5 Å². The van der Waals surface area contributed by atoms with Gasteiger partial charge in [-0.05, 0) is 30.4 Å². The largest absolute Gasteiger partial charge is 0.357 e. The van der Waals surface area contributed by atoms with Crippen LogP contribution in [0, 0.1) is 5.92 Å². The maximum Gasteiger partial charge on any atom is 0.191 e. The van der Waals surface area contributed by atoms with Crippen LogP contribution in [-0.2, 0) is 6.54 Å². The van der Waals surface area contributed by atoms with Gasteiger partial charge in [-0.2, -0.15) is 0 Å². The van der Waals surface area contributed by atoms with E-state index in [1.54, 1.807) is 7.05 Å². The summed E-state index contributed by atoms with van der Waals surface area (Å²) in [5.41, 5.74) is 1.18. The molecule has 128 valence electrons.